The molecule has 4 N–H and O–H groups in total. The zero-order valence-corrected chi connectivity index (χ0v) is 9.56. The van der Waals surface area contributed by atoms with Crippen molar-refractivity contribution in [2.45, 2.75) is 43.9 Å². The number of aliphatic hydroxyl groups is 1. The number of nitrogens with two attached hydrogens (primary N) is 1. The molecule has 2 rings (SSSR count). The Balaban J connectivity index is 2.03. The Morgan fingerprint density at radius 1 is 1.38 bits per heavy atom. The van der Waals surface area contributed by atoms with E-state index in [1.807, 2.05) is 0 Å². The van der Waals surface area contributed by atoms with E-state index in [4.69, 9.17) is 5.73 Å². The largest absolute Gasteiger partial charge is 0.390 e. The summed E-state index contributed by atoms with van der Waals surface area (Å²) < 4.78 is 0. The minimum Gasteiger partial charge on any atom is -0.390 e. The van der Waals surface area contributed by atoms with Crippen LogP contribution in [-0.2, 0) is 4.79 Å². The molecule has 2 fully saturated rings. The summed E-state index contributed by atoms with van der Waals surface area (Å²) in [5.41, 5.74) is 5.29. The van der Waals surface area contributed by atoms with Crippen LogP contribution in [0.4, 0.5) is 0 Å². The zero-order chi connectivity index (χ0) is 11.5. The molecule has 0 aromatic carbocycles. The van der Waals surface area contributed by atoms with E-state index in [2.05, 4.69) is 10.2 Å². The van der Waals surface area contributed by atoms with Crippen molar-refractivity contribution >= 4 is 5.91 Å². The average Bonchev–Trinajstić information content (AvgIpc) is 2.84. The summed E-state index contributed by atoms with van der Waals surface area (Å²) in [6.45, 7) is 1.64. The van der Waals surface area contributed by atoms with Gasteiger partial charge in [-0.3, -0.25) is 9.69 Å². The lowest BCUT2D eigenvalue weighted by Crippen LogP contribution is -2.51. The maximum Gasteiger partial charge on any atom is 0.231 e. The molecule has 2 unspecified atom stereocenters. The van der Waals surface area contributed by atoms with Gasteiger partial charge in [-0.1, -0.05) is 12.8 Å². The van der Waals surface area contributed by atoms with E-state index in [0.717, 1.165) is 19.4 Å². The van der Waals surface area contributed by atoms with Gasteiger partial charge in [0.05, 0.1) is 18.7 Å². The number of carbonyl (C=O) groups is 1. The van der Waals surface area contributed by atoms with E-state index in [-0.39, 0.29) is 24.6 Å². The minimum absolute atomic E-state index is 0.0515. The topological polar surface area (TPSA) is 78.6 Å². The van der Waals surface area contributed by atoms with Gasteiger partial charge in [0.15, 0.2) is 0 Å². The number of hydrogen-bond acceptors (Lipinski definition) is 4. The number of nitrogens with one attached hydrogen (secondary N) is 1. The van der Waals surface area contributed by atoms with Crippen molar-refractivity contribution in [2.75, 3.05) is 19.6 Å². The van der Waals surface area contributed by atoms with Gasteiger partial charge in [0, 0.05) is 19.1 Å². The monoisotopic (exact) mass is 227 g/mol. The third-order valence-corrected chi connectivity index (χ3v) is 3.71. The van der Waals surface area contributed by atoms with Crippen LogP contribution in [0.25, 0.3) is 0 Å². The van der Waals surface area contributed by atoms with E-state index >= 15 is 0 Å². The minimum atomic E-state index is -0.375. The molecule has 1 aliphatic carbocycles. The van der Waals surface area contributed by atoms with Crippen LogP contribution >= 0.6 is 0 Å². The molecule has 2 aliphatic rings. The number of aliphatic hydroxyl groups excluding tert-OH is 1. The Kier molecular flexibility index (Phi) is 3.78. The van der Waals surface area contributed by atoms with Crippen LogP contribution in [0.1, 0.15) is 25.7 Å². The Morgan fingerprint density at radius 2 is 2.06 bits per heavy atom. The van der Waals surface area contributed by atoms with Crippen LogP contribution in [0.15, 0.2) is 0 Å². The average molecular weight is 227 g/mol. The van der Waals surface area contributed by atoms with Gasteiger partial charge in [0.2, 0.25) is 5.91 Å². The van der Waals surface area contributed by atoms with E-state index < -0.39 is 0 Å². The number of amides is 1. The molecule has 0 aromatic heterocycles. The predicted octanol–water partition coefficient (Wildman–Crippen LogP) is -0.951. The van der Waals surface area contributed by atoms with Crippen molar-refractivity contribution < 1.29 is 9.90 Å². The van der Waals surface area contributed by atoms with Crippen LogP contribution < -0.4 is 11.1 Å². The Morgan fingerprint density at radius 3 is 2.56 bits per heavy atom. The lowest BCUT2D eigenvalue weighted by Gasteiger charge is -2.34. The third-order valence-electron chi connectivity index (χ3n) is 3.71. The van der Waals surface area contributed by atoms with Crippen molar-refractivity contribution in [3.63, 3.8) is 0 Å². The maximum atomic E-state index is 11.1. The Hall–Kier alpha value is -0.650. The first-order valence-corrected chi connectivity index (χ1v) is 6.11. The number of hydrogen-bond donors (Lipinski definition) is 3. The van der Waals surface area contributed by atoms with Crippen LogP contribution in [0, 0.1) is 0 Å². The van der Waals surface area contributed by atoms with Crippen LogP contribution in [0.5, 0.6) is 0 Å². The summed E-state index contributed by atoms with van der Waals surface area (Å²) >= 11 is 0. The van der Waals surface area contributed by atoms with Gasteiger partial charge in [-0.15, -0.1) is 0 Å². The van der Waals surface area contributed by atoms with E-state index in [0.29, 0.717) is 12.6 Å². The van der Waals surface area contributed by atoms with Crippen molar-refractivity contribution in [1.82, 2.24) is 10.2 Å². The molecule has 0 aromatic rings. The molecular weight excluding hydrogens is 206 g/mol. The first-order chi connectivity index (χ1) is 7.68. The molecule has 2 atom stereocenters. The summed E-state index contributed by atoms with van der Waals surface area (Å²) in [6, 6.07) is 0.475. The lowest BCUT2D eigenvalue weighted by atomic mass is 10.1. The first kappa shape index (κ1) is 11.8. The highest BCUT2D eigenvalue weighted by Crippen LogP contribution is 2.26. The quantitative estimate of drug-likeness (QED) is 0.578. The molecule has 1 heterocycles. The molecule has 0 spiro atoms. The molecule has 92 valence electrons. The number of β-amino-alcohol motifs (C(OH)–C–C–N with tert-alkyl or cyclic N) is 1. The summed E-state index contributed by atoms with van der Waals surface area (Å²) in [7, 11) is 0. The second-order valence-corrected chi connectivity index (χ2v) is 4.87. The summed E-state index contributed by atoms with van der Waals surface area (Å²) in [5.74, 6) is -0.300. The molecule has 0 radical (unpaired) electrons. The number of carbonyl (C=O) groups excluding carboxylic acids is 1. The normalized spacial score (nSPS) is 31.4. The highest BCUT2D eigenvalue weighted by molar-refractivity contribution is 5.76. The third kappa shape index (κ3) is 2.53. The number of rotatable bonds is 4. The van der Waals surface area contributed by atoms with Crippen LogP contribution in [-0.4, -0.2) is 53.7 Å². The molecule has 1 amide bonds. The summed E-state index contributed by atoms with van der Waals surface area (Å²) in [4.78, 5) is 13.2. The molecule has 0 bridgehead atoms. The van der Waals surface area contributed by atoms with E-state index in [1.54, 1.807) is 0 Å². The van der Waals surface area contributed by atoms with Gasteiger partial charge in [-0.05, 0) is 12.8 Å². The molecule has 16 heavy (non-hydrogen) atoms. The van der Waals surface area contributed by atoms with Gasteiger partial charge in [0.25, 0.3) is 0 Å². The maximum absolute atomic E-state index is 11.1. The first-order valence-electron chi connectivity index (χ1n) is 6.11. The zero-order valence-electron chi connectivity index (χ0n) is 9.56. The predicted molar refractivity (Wildman–Crippen MR) is 60.8 cm³/mol. The fourth-order valence-electron chi connectivity index (χ4n) is 2.92. The van der Waals surface area contributed by atoms with Gasteiger partial charge >= 0.3 is 0 Å². The Labute approximate surface area is 96.0 Å². The molecule has 5 nitrogen and oxygen atoms in total. The second-order valence-electron chi connectivity index (χ2n) is 4.87. The molecule has 1 aliphatic heterocycles. The van der Waals surface area contributed by atoms with E-state index in [1.165, 1.54) is 12.8 Å². The fourth-order valence-corrected chi connectivity index (χ4v) is 2.92. The molecule has 1 saturated heterocycles. The fraction of sp³-hybridized carbons (Fsp3) is 0.909. The van der Waals surface area contributed by atoms with Crippen molar-refractivity contribution in [2.24, 2.45) is 5.73 Å². The summed E-state index contributed by atoms with van der Waals surface area (Å²) in [6.07, 6.45) is 4.30. The van der Waals surface area contributed by atoms with E-state index in [9.17, 15) is 9.90 Å². The number of nitrogens with zero attached hydrogens (tertiary/aromatic N) is 1. The lowest BCUT2D eigenvalue weighted by molar-refractivity contribution is -0.120. The van der Waals surface area contributed by atoms with Crippen LogP contribution in [0.3, 0.4) is 0 Å². The van der Waals surface area contributed by atoms with Gasteiger partial charge < -0.3 is 16.2 Å². The SMILES string of the molecule is NC(=O)CN(C1CCCC1)C1CNCC1O. The Bertz CT molecular complexity index is 254. The van der Waals surface area contributed by atoms with Gasteiger partial charge in [-0.25, -0.2) is 0 Å². The molecular formula is C11H21N3O2. The van der Waals surface area contributed by atoms with Crippen molar-refractivity contribution in [1.29, 1.82) is 0 Å². The van der Waals surface area contributed by atoms with Gasteiger partial charge in [0.1, 0.15) is 0 Å². The molecule has 5 heteroatoms. The van der Waals surface area contributed by atoms with Gasteiger partial charge in [-0.2, -0.15) is 0 Å². The highest BCUT2D eigenvalue weighted by atomic mass is 16.3. The van der Waals surface area contributed by atoms with Crippen LogP contribution in [0.2, 0.25) is 0 Å². The highest BCUT2D eigenvalue weighted by Gasteiger charge is 2.36. The standard InChI is InChI=1S/C11H21N3O2/c12-11(16)7-14(8-3-1-2-4-8)9-5-13-6-10(9)15/h8-10,13,15H,1-7H2,(H2,12,16). The second kappa shape index (κ2) is 5.12. The summed E-state index contributed by atoms with van der Waals surface area (Å²) in [5, 5.41) is 13.0. The smallest absolute Gasteiger partial charge is 0.231 e. The van der Waals surface area contributed by atoms with Crippen molar-refractivity contribution in [3.05, 3.63) is 0 Å². The molecule has 1 saturated carbocycles. The van der Waals surface area contributed by atoms with Crippen molar-refractivity contribution in [3.8, 4) is 0 Å². The number of primary amides is 1.